The van der Waals surface area contributed by atoms with E-state index in [-0.39, 0.29) is 23.8 Å². The van der Waals surface area contributed by atoms with E-state index in [9.17, 15) is 14.7 Å². The average molecular weight is 595 g/mol. The molecule has 2 radical (unpaired) electrons. The van der Waals surface area contributed by atoms with Crippen LogP contribution in [0.5, 0.6) is 0 Å². The molecule has 4 nitrogen and oxygen atoms in total. The van der Waals surface area contributed by atoms with E-state index in [1.165, 1.54) is 167 Å². The largest absolute Gasteiger partial charge is 1.00 e. The Morgan fingerprint density at radius 2 is 0.585 bits per heavy atom. The van der Waals surface area contributed by atoms with Crippen LogP contribution in [0.3, 0.4) is 0 Å². The molecule has 0 saturated carbocycles. The molecule has 0 saturated heterocycles. The van der Waals surface area contributed by atoms with E-state index in [2.05, 4.69) is 13.8 Å². The van der Waals surface area contributed by atoms with Gasteiger partial charge in [-0.25, -0.2) is 0 Å². The molecule has 0 aromatic rings. The zero-order chi connectivity index (χ0) is 29.8. The summed E-state index contributed by atoms with van der Waals surface area (Å²) in [6, 6.07) is 0. The summed E-state index contributed by atoms with van der Waals surface area (Å²) in [5.41, 5.74) is 0. The first kappa shape index (κ1) is 44.9. The number of rotatable bonds is 32. The van der Waals surface area contributed by atoms with Gasteiger partial charge in [0.25, 0.3) is 0 Å². The van der Waals surface area contributed by atoms with Crippen LogP contribution in [0.25, 0.3) is 0 Å². The maximum Gasteiger partial charge on any atom is 1.00 e. The molecule has 41 heavy (non-hydrogen) atoms. The van der Waals surface area contributed by atoms with E-state index < -0.39 is 11.9 Å². The van der Waals surface area contributed by atoms with Crippen LogP contribution < -0.4 is 5.11 Å². The summed E-state index contributed by atoms with van der Waals surface area (Å²) in [4.78, 5) is 20.6. The van der Waals surface area contributed by atoms with Gasteiger partial charge in [0.2, 0.25) is 0 Å². The van der Waals surface area contributed by atoms with Crippen molar-refractivity contribution in [3.8, 4) is 0 Å². The first-order valence-electron chi connectivity index (χ1n) is 18.0. The van der Waals surface area contributed by atoms with Crippen molar-refractivity contribution < 1.29 is 19.8 Å². The monoisotopic (exact) mass is 595 g/mol. The summed E-state index contributed by atoms with van der Waals surface area (Å²) < 4.78 is 0. The Labute approximate surface area is 267 Å². The van der Waals surface area contributed by atoms with Gasteiger partial charge in [0, 0.05) is 12.4 Å². The minimum absolute atomic E-state index is 0. The van der Waals surface area contributed by atoms with E-state index in [0.29, 0.717) is 6.42 Å². The van der Waals surface area contributed by atoms with Crippen LogP contribution >= 0.6 is 0 Å². The number of carboxylic acid groups (broad SMARTS) is 2. The molecule has 0 aromatic heterocycles. The average Bonchev–Trinajstić information content (AvgIpc) is 2.93. The summed E-state index contributed by atoms with van der Waals surface area (Å²) in [7, 11) is 0. The fourth-order valence-corrected chi connectivity index (χ4v) is 5.29. The van der Waals surface area contributed by atoms with E-state index >= 15 is 0 Å². The molecule has 0 aromatic carbocycles. The number of carbonyl (C=O) groups excluding carboxylic acids is 1. The number of unbranched alkanes of at least 4 members (excludes halogenated alkanes) is 28. The van der Waals surface area contributed by atoms with Gasteiger partial charge < -0.3 is 15.0 Å². The number of aliphatic carboxylic acids is 2. The Kier molecular flexibility index (Phi) is 45.6. The number of carboxylic acids is 2. The molecule has 0 amide bonds. The predicted octanol–water partition coefficient (Wildman–Crippen LogP) is 10.9. The molecule has 0 rings (SSSR count). The van der Waals surface area contributed by atoms with Crippen molar-refractivity contribution >= 4 is 29.3 Å². The first-order chi connectivity index (χ1) is 19.5. The van der Waals surface area contributed by atoms with E-state index in [1.54, 1.807) is 0 Å². The van der Waals surface area contributed by atoms with Crippen molar-refractivity contribution in [2.75, 3.05) is 0 Å². The minimum atomic E-state index is -0.903. The van der Waals surface area contributed by atoms with E-state index in [4.69, 9.17) is 5.11 Å². The van der Waals surface area contributed by atoms with Crippen molar-refractivity contribution in [2.24, 2.45) is 0 Å². The second-order valence-corrected chi connectivity index (χ2v) is 12.2. The third-order valence-electron chi connectivity index (χ3n) is 7.98. The molecular weight excluding hydrogens is 523 g/mol. The summed E-state index contributed by atoms with van der Waals surface area (Å²) >= 11 is 0. The molecule has 0 atom stereocenters. The van der Waals surface area contributed by atoms with Crippen molar-refractivity contribution in [3.63, 3.8) is 0 Å². The Bertz CT molecular complexity index is 454. The van der Waals surface area contributed by atoms with Crippen LogP contribution in [-0.4, -0.2) is 34.4 Å². The third-order valence-corrected chi connectivity index (χ3v) is 7.98. The predicted molar refractivity (Wildman–Crippen MR) is 177 cm³/mol. The summed E-state index contributed by atoms with van der Waals surface area (Å²) in [5, 5.41) is 18.7. The van der Waals surface area contributed by atoms with Gasteiger partial charge in [-0.05, 0) is 19.3 Å². The fraction of sp³-hybridized carbons (Fsp3) is 0.944. The molecule has 0 bridgehead atoms. The minimum Gasteiger partial charge on any atom is -0.550 e. The molecule has 0 aliphatic rings. The molecule has 1 N–H and O–H groups in total. The van der Waals surface area contributed by atoms with Gasteiger partial charge in [0.05, 0.1) is 0 Å². The van der Waals surface area contributed by atoms with E-state index in [1.807, 2.05) is 0 Å². The van der Waals surface area contributed by atoms with Crippen molar-refractivity contribution in [2.45, 2.75) is 219 Å². The summed E-state index contributed by atoms with van der Waals surface area (Å²) in [5.74, 6) is -1.56. The third kappa shape index (κ3) is 49.5. The Morgan fingerprint density at radius 1 is 0.390 bits per heavy atom. The van der Waals surface area contributed by atoms with Crippen LogP contribution in [0.4, 0.5) is 0 Å². The maximum absolute atomic E-state index is 10.3. The number of carbonyl (C=O) groups is 2. The van der Waals surface area contributed by atoms with Gasteiger partial charge in [0.1, 0.15) is 0 Å². The molecule has 0 spiro atoms. The van der Waals surface area contributed by atoms with Gasteiger partial charge in [-0.2, -0.15) is 0 Å². The number of hydrogen-bond donors (Lipinski definition) is 1. The molecule has 5 heteroatoms. The zero-order valence-electron chi connectivity index (χ0n) is 27.9. The van der Waals surface area contributed by atoms with Gasteiger partial charge >= 0.3 is 23.3 Å². The van der Waals surface area contributed by atoms with Crippen LogP contribution in [-0.2, 0) is 9.59 Å². The topological polar surface area (TPSA) is 77.4 Å². The fourth-order valence-electron chi connectivity index (χ4n) is 5.29. The standard InChI is InChI=1S/2C18H36O2.Al/c2*1-2-3-4-5-6-7-8-9-10-11-12-13-14-15-16-17-18(19)20;/h2*2-17H2,1H3,(H,19,20);/q;;+1/p-1. The van der Waals surface area contributed by atoms with Crippen LogP contribution in [0.2, 0.25) is 0 Å². The van der Waals surface area contributed by atoms with Crippen molar-refractivity contribution in [3.05, 3.63) is 0 Å². The molecule has 242 valence electrons. The summed E-state index contributed by atoms with van der Waals surface area (Å²) in [6.45, 7) is 4.54. The second kappa shape index (κ2) is 41.6. The van der Waals surface area contributed by atoms with Crippen molar-refractivity contribution in [1.29, 1.82) is 0 Å². The molecule has 0 fully saturated rings. The van der Waals surface area contributed by atoms with Gasteiger partial charge in [0.15, 0.2) is 0 Å². The van der Waals surface area contributed by atoms with Gasteiger partial charge in [-0.1, -0.05) is 194 Å². The molecule has 0 unspecified atom stereocenters. The first-order valence-corrected chi connectivity index (χ1v) is 18.0. The molecule has 0 aliphatic carbocycles. The molecule has 0 aliphatic heterocycles. The summed E-state index contributed by atoms with van der Waals surface area (Å²) in [6.07, 6.45) is 40.1. The molecule has 0 heterocycles. The van der Waals surface area contributed by atoms with E-state index in [0.717, 1.165) is 25.7 Å². The Hall–Kier alpha value is -0.528. The zero-order valence-corrected chi connectivity index (χ0v) is 29.0. The molecular formula is C36H71AlO4. The van der Waals surface area contributed by atoms with Crippen LogP contribution in [0.15, 0.2) is 0 Å². The van der Waals surface area contributed by atoms with Gasteiger partial charge in [-0.15, -0.1) is 0 Å². The Morgan fingerprint density at radius 3 is 0.780 bits per heavy atom. The van der Waals surface area contributed by atoms with Crippen molar-refractivity contribution in [1.82, 2.24) is 0 Å². The maximum atomic E-state index is 10.3. The second-order valence-electron chi connectivity index (χ2n) is 12.2. The number of hydrogen-bond acceptors (Lipinski definition) is 3. The van der Waals surface area contributed by atoms with Crippen LogP contribution in [0, 0.1) is 0 Å². The van der Waals surface area contributed by atoms with Gasteiger partial charge in [-0.3, -0.25) is 4.79 Å². The SMILES string of the molecule is CCCCCCCCCCCCCCCCCC(=O)O.CCCCCCCCCCCCCCCCCC(=O)[O-].[Al+]. The normalized spacial score (nSPS) is 10.6. The smallest absolute Gasteiger partial charge is 0.550 e. The Balaban J connectivity index is -0.000000688. The quantitative estimate of drug-likeness (QED) is 0.0620. The van der Waals surface area contributed by atoms with Crippen LogP contribution in [0.1, 0.15) is 219 Å².